The Hall–Kier alpha value is -2.13. The molecule has 0 aromatic heterocycles. The molecule has 3 aromatic carbocycles. The predicted octanol–water partition coefficient (Wildman–Crippen LogP) is 6.95. The predicted molar refractivity (Wildman–Crippen MR) is 114 cm³/mol. The van der Waals surface area contributed by atoms with Crippen LogP contribution in [0.3, 0.4) is 0 Å². The maximum atomic E-state index is 6.04. The molecule has 0 fully saturated rings. The van der Waals surface area contributed by atoms with Gasteiger partial charge in [-0.3, -0.25) is 0 Å². The van der Waals surface area contributed by atoms with E-state index in [2.05, 4.69) is 23.5 Å². The topological polar surface area (TPSA) is 12.0 Å². The highest BCUT2D eigenvalue weighted by molar-refractivity contribution is 7.79. The minimum absolute atomic E-state index is 0.714. The van der Waals surface area contributed by atoms with Gasteiger partial charge < -0.3 is 5.32 Å². The minimum Gasteiger partial charge on any atom is -0.353 e. The van der Waals surface area contributed by atoms with Gasteiger partial charge in [-0.15, -0.1) is 0 Å². The van der Waals surface area contributed by atoms with E-state index in [1.807, 2.05) is 60.7 Å². The van der Waals surface area contributed by atoms with E-state index in [-0.39, 0.29) is 0 Å². The first-order valence-electron chi connectivity index (χ1n) is 7.69. The lowest BCUT2D eigenvalue weighted by atomic mass is 9.95. The Morgan fingerprint density at radius 2 is 1.36 bits per heavy atom. The third-order valence-corrected chi connectivity index (χ3v) is 4.36. The maximum Gasteiger partial charge on any atom is 0.0658 e. The third kappa shape index (κ3) is 4.70. The Kier molecular flexibility index (Phi) is 5.87. The van der Waals surface area contributed by atoms with Crippen LogP contribution in [0, 0.1) is 0 Å². The average Bonchev–Trinajstić information content (AvgIpc) is 2.62. The second-order valence-corrected chi connectivity index (χ2v) is 6.57. The Labute approximate surface area is 162 Å². The zero-order valence-corrected chi connectivity index (χ0v) is 15.6. The SMILES string of the molecule is S=CNc1cccc(C=C(c2ccc(Cl)cc2)c2ccc(Cl)cc2)c1. The molecule has 0 heterocycles. The van der Waals surface area contributed by atoms with Crippen LogP contribution in [-0.2, 0) is 0 Å². The lowest BCUT2D eigenvalue weighted by molar-refractivity contribution is 1.55. The second kappa shape index (κ2) is 8.30. The van der Waals surface area contributed by atoms with Gasteiger partial charge in [0.15, 0.2) is 0 Å². The van der Waals surface area contributed by atoms with Gasteiger partial charge in [0.1, 0.15) is 0 Å². The second-order valence-electron chi connectivity index (χ2n) is 5.46. The van der Waals surface area contributed by atoms with Crippen molar-refractivity contribution in [3.63, 3.8) is 0 Å². The van der Waals surface area contributed by atoms with Gasteiger partial charge in [-0.1, -0.05) is 71.8 Å². The van der Waals surface area contributed by atoms with Crippen LogP contribution in [0.2, 0.25) is 10.0 Å². The molecule has 4 heteroatoms. The number of hydrogen-bond donors (Lipinski definition) is 1. The number of nitrogens with one attached hydrogen (secondary N) is 1. The third-order valence-electron chi connectivity index (χ3n) is 3.73. The smallest absolute Gasteiger partial charge is 0.0658 e. The van der Waals surface area contributed by atoms with E-state index in [9.17, 15) is 0 Å². The zero-order chi connectivity index (χ0) is 17.6. The summed E-state index contributed by atoms with van der Waals surface area (Å²) in [7, 11) is 0. The van der Waals surface area contributed by atoms with Gasteiger partial charge in [0.25, 0.3) is 0 Å². The molecule has 0 aliphatic rings. The van der Waals surface area contributed by atoms with Crippen molar-refractivity contribution in [2.45, 2.75) is 0 Å². The fourth-order valence-corrected chi connectivity index (χ4v) is 2.93. The summed E-state index contributed by atoms with van der Waals surface area (Å²) >= 11 is 16.9. The number of thiocarbonyl (C=S) groups is 1. The van der Waals surface area contributed by atoms with Gasteiger partial charge in [-0.05, 0) is 64.7 Å². The molecule has 124 valence electrons. The summed E-state index contributed by atoms with van der Waals surface area (Å²) in [4.78, 5) is 0. The van der Waals surface area contributed by atoms with Gasteiger partial charge in [-0.2, -0.15) is 0 Å². The van der Waals surface area contributed by atoms with Crippen LogP contribution in [0.5, 0.6) is 0 Å². The largest absolute Gasteiger partial charge is 0.353 e. The Bertz CT molecular complexity index is 852. The maximum absolute atomic E-state index is 6.04. The van der Waals surface area contributed by atoms with Gasteiger partial charge in [0.2, 0.25) is 0 Å². The molecule has 1 N–H and O–H groups in total. The molecule has 0 unspecified atom stereocenters. The molecule has 3 rings (SSSR count). The Morgan fingerprint density at radius 1 is 0.800 bits per heavy atom. The summed E-state index contributed by atoms with van der Waals surface area (Å²) in [5.74, 6) is 0. The average molecular weight is 384 g/mol. The normalized spacial score (nSPS) is 10.2. The molecule has 3 aromatic rings. The molecule has 25 heavy (non-hydrogen) atoms. The first-order chi connectivity index (χ1) is 12.2. The molecule has 0 saturated heterocycles. The monoisotopic (exact) mass is 383 g/mol. The lowest BCUT2D eigenvalue weighted by Gasteiger charge is -2.10. The summed E-state index contributed by atoms with van der Waals surface area (Å²) in [6, 6.07) is 23.7. The van der Waals surface area contributed by atoms with E-state index in [0.717, 1.165) is 28.0 Å². The number of benzene rings is 3. The van der Waals surface area contributed by atoms with Crippen molar-refractivity contribution in [3.05, 3.63) is 99.5 Å². The van der Waals surface area contributed by atoms with Crippen LogP contribution < -0.4 is 5.32 Å². The van der Waals surface area contributed by atoms with E-state index in [0.29, 0.717) is 10.0 Å². The number of rotatable bonds is 5. The Morgan fingerprint density at radius 3 is 1.88 bits per heavy atom. The van der Waals surface area contributed by atoms with Crippen LogP contribution in [0.4, 0.5) is 5.69 Å². The van der Waals surface area contributed by atoms with Gasteiger partial charge in [0.05, 0.1) is 5.49 Å². The fraction of sp³-hybridized carbons (Fsp3) is 0. The molecule has 1 nitrogen and oxygen atoms in total. The minimum atomic E-state index is 0.714. The standard InChI is InChI=1S/C21H15Cl2NS/c22-18-8-4-16(5-9-18)21(17-6-10-19(23)11-7-17)13-15-2-1-3-20(12-15)24-14-25/h1-14H,(H,24,25). The van der Waals surface area contributed by atoms with Crippen LogP contribution >= 0.6 is 35.4 Å². The number of halogens is 2. The number of hydrogen-bond acceptors (Lipinski definition) is 1. The summed E-state index contributed by atoms with van der Waals surface area (Å²) in [5, 5.41) is 4.47. The van der Waals surface area contributed by atoms with Crippen molar-refractivity contribution in [2.75, 3.05) is 5.32 Å². The van der Waals surface area contributed by atoms with Crippen molar-refractivity contribution in [1.29, 1.82) is 0 Å². The summed E-state index contributed by atoms with van der Waals surface area (Å²) in [5.41, 5.74) is 6.78. The Balaban J connectivity index is 2.09. The highest BCUT2D eigenvalue weighted by Crippen LogP contribution is 2.28. The highest BCUT2D eigenvalue weighted by atomic mass is 35.5. The van der Waals surface area contributed by atoms with E-state index < -0.39 is 0 Å². The van der Waals surface area contributed by atoms with Gasteiger partial charge in [0, 0.05) is 15.7 Å². The lowest BCUT2D eigenvalue weighted by Crippen LogP contribution is -1.92. The molecule has 0 saturated carbocycles. The zero-order valence-electron chi connectivity index (χ0n) is 13.2. The molecule has 0 spiro atoms. The molecular formula is C21H15Cl2NS. The quantitative estimate of drug-likeness (QED) is 0.377. The van der Waals surface area contributed by atoms with Crippen LogP contribution in [0.15, 0.2) is 72.8 Å². The molecule has 0 aliphatic carbocycles. The van der Waals surface area contributed by atoms with E-state index in [1.165, 1.54) is 5.49 Å². The first kappa shape index (κ1) is 17.7. The molecule has 0 aliphatic heterocycles. The summed E-state index contributed by atoms with van der Waals surface area (Å²) < 4.78 is 0. The van der Waals surface area contributed by atoms with E-state index in [4.69, 9.17) is 35.4 Å². The van der Waals surface area contributed by atoms with Crippen LogP contribution in [0.1, 0.15) is 16.7 Å². The van der Waals surface area contributed by atoms with Crippen LogP contribution in [-0.4, -0.2) is 5.49 Å². The van der Waals surface area contributed by atoms with Gasteiger partial charge >= 0.3 is 0 Å². The van der Waals surface area contributed by atoms with Crippen molar-refractivity contribution in [2.24, 2.45) is 0 Å². The van der Waals surface area contributed by atoms with Crippen molar-refractivity contribution < 1.29 is 0 Å². The molecule has 0 atom stereocenters. The first-order valence-corrected chi connectivity index (χ1v) is 8.92. The molecule has 0 bridgehead atoms. The van der Waals surface area contributed by atoms with Crippen molar-refractivity contribution >= 4 is 58.2 Å². The van der Waals surface area contributed by atoms with Crippen molar-refractivity contribution in [3.8, 4) is 0 Å². The summed E-state index contributed by atoms with van der Waals surface area (Å²) in [6.45, 7) is 0. The van der Waals surface area contributed by atoms with E-state index in [1.54, 1.807) is 0 Å². The van der Waals surface area contributed by atoms with Gasteiger partial charge in [-0.25, -0.2) is 0 Å². The van der Waals surface area contributed by atoms with E-state index >= 15 is 0 Å². The summed E-state index contributed by atoms with van der Waals surface area (Å²) in [6.07, 6.45) is 2.14. The molecular weight excluding hydrogens is 369 g/mol. The highest BCUT2D eigenvalue weighted by Gasteiger charge is 2.06. The molecule has 0 radical (unpaired) electrons. The molecule has 0 amide bonds. The van der Waals surface area contributed by atoms with Crippen LogP contribution in [0.25, 0.3) is 11.6 Å². The fourth-order valence-electron chi connectivity index (χ4n) is 2.55. The number of anilines is 1. The van der Waals surface area contributed by atoms with Crippen molar-refractivity contribution in [1.82, 2.24) is 0 Å².